The van der Waals surface area contributed by atoms with Crippen LogP contribution in [0.5, 0.6) is 0 Å². The van der Waals surface area contributed by atoms with Crippen LogP contribution in [0.2, 0.25) is 0 Å². The Bertz CT molecular complexity index is 789. The van der Waals surface area contributed by atoms with E-state index in [0.29, 0.717) is 4.57 Å². The zero-order chi connectivity index (χ0) is 16.5. The lowest BCUT2D eigenvalue weighted by Crippen LogP contribution is -2.51. The number of rotatable bonds is 3. The van der Waals surface area contributed by atoms with Crippen LogP contribution in [-0.2, 0) is 4.74 Å². The molecule has 1 aromatic rings. The number of terminal acetylenes is 1. The maximum atomic E-state index is 11.8. The van der Waals surface area contributed by atoms with Crippen molar-refractivity contribution in [3.63, 3.8) is 0 Å². The Hall–Kier alpha value is -2.61. The molecule has 0 spiro atoms. The van der Waals surface area contributed by atoms with Crippen molar-refractivity contribution >= 4 is 0 Å². The van der Waals surface area contributed by atoms with Gasteiger partial charge >= 0.3 is 5.69 Å². The van der Waals surface area contributed by atoms with Crippen LogP contribution in [0, 0.1) is 12.3 Å². The van der Waals surface area contributed by atoms with E-state index in [-0.39, 0.29) is 0 Å². The number of ether oxygens (including phenoxy) is 1. The molecule has 116 valence electrons. The van der Waals surface area contributed by atoms with Crippen molar-refractivity contribution in [1.29, 1.82) is 0 Å². The van der Waals surface area contributed by atoms with E-state index in [1.807, 2.05) is 10.9 Å². The average Bonchev–Trinajstić information content (AvgIpc) is 2.71. The lowest BCUT2D eigenvalue weighted by atomic mass is 9.92. The van der Waals surface area contributed by atoms with Crippen LogP contribution in [0.1, 0.15) is 6.23 Å². The fraction of sp³-hybridized carbons (Fsp3) is 0.455. The molecule has 22 heavy (non-hydrogen) atoms. The lowest BCUT2D eigenvalue weighted by Gasteiger charge is -2.27. The Balaban J connectivity index is 2.66. The summed E-state index contributed by atoms with van der Waals surface area (Å²) in [6.07, 6.45) is 2.45. The number of hydrogen-bond acceptors (Lipinski definition) is 7. The standard InChI is InChI=1S/C11H11N5O6/c1-2-10(21)7(19)11(5-17,14-15-12)22-8(10)16-4-3-6(18)13-9(16)20/h1,3-4,7-8,17,19,21H,5H2,(H,13,18,20)/t7-,8+,10+,11+/m0/s1. The van der Waals surface area contributed by atoms with Gasteiger partial charge in [-0.15, -0.1) is 6.42 Å². The number of azide groups is 1. The van der Waals surface area contributed by atoms with Gasteiger partial charge in [0.25, 0.3) is 5.56 Å². The minimum atomic E-state index is -2.49. The largest absolute Gasteiger partial charge is 0.393 e. The lowest BCUT2D eigenvalue weighted by molar-refractivity contribution is -0.126. The molecule has 0 amide bonds. The van der Waals surface area contributed by atoms with Crippen molar-refractivity contribution in [2.24, 2.45) is 5.11 Å². The first-order valence-corrected chi connectivity index (χ1v) is 5.89. The van der Waals surface area contributed by atoms with Crippen molar-refractivity contribution < 1.29 is 20.1 Å². The molecule has 1 fully saturated rings. The van der Waals surface area contributed by atoms with E-state index in [0.717, 1.165) is 12.3 Å². The highest BCUT2D eigenvalue weighted by molar-refractivity contribution is 5.22. The van der Waals surface area contributed by atoms with Crippen LogP contribution in [0.25, 0.3) is 10.4 Å². The average molecular weight is 309 g/mol. The minimum absolute atomic E-state index is 0.701. The Morgan fingerprint density at radius 3 is 2.82 bits per heavy atom. The van der Waals surface area contributed by atoms with Crippen molar-refractivity contribution in [2.45, 2.75) is 23.7 Å². The minimum Gasteiger partial charge on any atom is -0.393 e. The summed E-state index contributed by atoms with van der Waals surface area (Å²) in [4.78, 5) is 27.2. The van der Waals surface area contributed by atoms with Gasteiger partial charge in [0.1, 0.15) is 6.10 Å². The second-order valence-corrected chi connectivity index (χ2v) is 4.55. The molecule has 2 heterocycles. The van der Waals surface area contributed by atoms with Gasteiger partial charge in [-0.25, -0.2) is 4.79 Å². The molecular formula is C11H11N5O6. The fourth-order valence-electron chi connectivity index (χ4n) is 2.17. The van der Waals surface area contributed by atoms with E-state index in [1.165, 1.54) is 0 Å². The summed E-state index contributed by atoms with van der Waals surface area (Å²) in [7, 11) is 0. The van der Waals surface area contributed by atoms with Gasteiger partial charge in [0.15, 0.2) is 11.8 Å². The summed E-state index contributed by atoms with van der Waals surface area (Å²) in [5, 5.41) is 33.0. The normalized spacial score (nSPS) is 33.9. The summed E-state index contributed by atoms with van der Waals surface area (Å²) < 4.78 is 5.90. The molecule has 0 unspecified atom stereocenters. The molecule has 0 aliphatic carbocycles. The highest BCUT2D eigenvalue weighted by atomic mass is 16.6. The fourth-order valence-corrected chi connectivity index (χ4v) is 2.17. The quantitative estimate of drug-likeness (QED) is 0.213. The molecule has 1 aliphatic rings. The molecule has 0 bridgehead atoms. The Kier molecular flexibility index (Phi) is 3.80. The third-order valence-electron chi connectivity index (χ3n) is 3.31. The maximum absolute atomic E-state index is 11.8. The van der Waals surface area contributed by atoms with Gasteiger partial charge in [-0.3, -0.25) is 14.3 Å². The maximum Gasteiger partial charge on any atom is 0.330 e. The molecule has 2 rings (SSSR count). The second-order valence-electron chi connectivity index (χ2n) is 4.55. The van der Waals surface area contributed by atoms with Gasteiger partial charge in [-0.05, 0) is 5.53 Å². The Labute approximate surface area is 122 Å². The van der Waals surface area contributed by atoms with Gasteiger partial charge in [0, 0.05) is 17.2 Å². The topological polar surface area (TPSA) is 174 Å². The van der Waals surface area contributed by atoms with Gasteiger partial charge in [-0.2, -0.15) is 0 Å². The van der Waals surface area contributed by atoms with Gasteiger partial charge in [0.2, 0.25) is 5.72 Å². The zero-order valence-electron chi connectivity index (χ0n) is 10.9. The van der Waals surface area contributed by atoms with Crippen LogP contribution in [0.4, 0.5) is 0 Å². The number of aliphatic hydroxyl groups excluding tert-OH is 2. The molecule has 1 aliphatic heterocycles. The SMILES string of the molecule is C#C[C@]1(O)[C@H](n2ccc(=O)[nH]c2=O)O[C@@](CO)(N=[N+]=[N-])[C@H]1O. The van der Waals surface area contributed by atoms with Gasteiger partial charge < -0.3 is 20.1 Å². The third-order valence-corrected chi connectivity index (χ3v) is 3.31. The van der Waals surface area contributed by atoms with Crippen LogP contribution in [-0.4, -0.2) is 48.9 Å². The number of aromatic nitrogens is 2. The van der Waals surface area contributed by atoms with Crippen LogP contribution < -0.4 is 11.2 Å². The first-order chi connectivity index (χ1) is 10.3. The highest BCUT2D eigenvalue weighted by Crippen LogP contribution is 2.44. The second kappa shape index (κ2) is 5.30. The van der Waals surface area contributed by atoms with Crippen LogP contribution in [0.3, 0.4) is 0 Å². The van der Waals surface area contributed by atoms with E-state index in [1.54, 1.807) is 0 Å². The van der Waals surface area contributed by atoms with Gasteiger partial charge in [0.05, 0.1) is 6.61 Å². The predicted octanol–water partition coefficient (Wildman–Crippen LogP) is -2.21. The first kappa shape index (κ1) is 15.8. The highest BCUT2D eigenvalue weighted by Gasteiger charge is 2.63. The smallest absolute Gasteiger partial charge is 0.330 e. The molecule has 0 aromatic carbocycles. The number of nitrogens with zero attached hydrogens (tertiary/aromatic N) is 4. The van der Waals surface area contributed by atoms with E-state index in [2.05, 4.69) is 10.0 Å². The molecule has 0 saturated carbocycles. The van der Waals surface area contributed by atoms with Gasteiger partial charge in [-0.1, -0.05) is 11.0 Å². The van der Waals surface area contributed by atoms with Crippen molar-refractivity contribution in [3.8, 4) is 12.3 Å². The molecule has 1 saturated heterocycles. The Morgan fingerprint density at radius 2 is 2.32 bits per heavy atom. The number of aromatic amines is 1. The summed E-state index contributed by atoms with van der Waals surface area (Å²) in [6, 6.07) is 0.959. The monoisotopic (exact) mass is 309 g/mol. The Morgan fingerprint density at radius 1 is 1.64 bits per heavy atom. The summed E-state index contributed by atoms with van der Waals surface area (Å²) in [5.74, 6) is 1.86. The molecule has 0 radical (unpaired) electrons. The van der Waals surface area contributed by atoms with Crippen LogP contribution >= 0.6 is 0 Å². The van der Waals surface area contributed by atoms with Crippen molar-refractivity contribution in [3.05, 3.63) is 43.5 Å². The predicted molar refractivity (Wildman–Crippen MR) is 70.2 cm³/mol. The number of H-pyrrole nitrogens is 1. The molecule has 4 atom stereocenters. The van der Waals surface area contributed by atoms with E-state index >= 15 is 0 Å². The zero-order valence-corrected chi connectivity index (χ0v) is 10.9. The van der Waals surface area contributed by atoms with E-state index in [9.17, 15) is 24.9 Å². The third kappa shape index (κ3) is 2.08. The first-order valence-electron chi connectivity index (χ1n) is 5.89. The molecule has 1 aromatic heterocycles. The molecule has 11 heteroatoms. The van der Waals surface area contributed by atoms with E-state index in [4.69, 9.17) is 16.7 Å². The number of aliphatic hydroxyl groups is 3. The number of nitrogens with one attached hydrogen (secondary N) is 1. The molecular weight excluding hydrogens is 298 g/mol. The summed E-state index contributed by atoms with van der Waals surface area (Å²) in [6.45, 7) is -1.00. The number of hydrogen-bond donors (Lipinski definition) is 4. The van der Waals surface area contributed by atoms with Crippen molar-refractivity contribution in [2.75, 3.05) is 6.61 Å². The summed E-state index contributed by atoms with van der Waals surface area (Å²) in [5.41, 5.74) is 2.09. The molecule has 11 nitrogen and oxygen atoms in total. The molecule has 4 N–H and O–H groups in total. The van der Waals surface area contributed by atoms with Crippen LogP contribution in [0.15, 0.2) is 27.0 Å². The van der Waals surface area contributed by atoms with Crippen molar-refractivity contribution in [1.82, 2.24) is 9.55 Å². The summed E-state index contributed by atoms with van der Waals surface area (Å²) >= 11 is 0. The van der Waals surface area contributed by atoms with E-state index < -0.39 is 41.5 Å².